The molecule has 27 heavy (non-hydrogen) atoms. The number of aryl methyl sites for hydroxylation is 1. The second kappa shape index (κ2) is 7.38. The molecule has 3 aromatic rings. The molecule has 136 valence electrons. The molecule has 0 fully saturated rings. The molecule has 0 aliphatic carbocycles. The molecule has 3 N–H and O–H groups in total. The number of hydrogen-bond donors (Lipinski definition) is 2. The SMILES string of the molecule is Cc1c(C(N)=O)c(-c2ccc(C#N)cc2)c(C)n1CCc1ccc(O)cc1. The largest absolute Gasteiger partial charge is 0.508 e. The Morgan fingerprint density at radius 2 is 1.70 bits per heavy atom. The van der Waals surface area contributed by atoms with Gasteiger partial charge in [0.2, 0.25) is 0 Å². The lowest BCUT2D eigenvalue weighted by Gasteiger charge is -2.10. The smallest absolute Gasteiger partial charge is 0.251 e. The molecular formula is C22H21N3O2. The number of amides is 1. The highest BCUT2D eigenvalue weighted by Gasteiger charge is 2.22. The van der Waals surface area contributed by atoms with Crippen LogP contribution in [0, 0.1) is 25.2 Å². The minimum atomic E-state index is -0.460. The Morgan fingerprint density at radius 1 is 1.07 bits per heavy atom. The van der Waals surface area contributed by atoms with E-state index in [0.717, 1.165) is 34.5 Å². The number of nitrogens with zero attached hydrogens (tertiary/aromatic N) is 2. The zero-order chi connectivity index (χ0) is 19.6. The molecule has 5 nitrogen and oxygen atoms in total. The summed E-state index contributed by atoms with van der Waals surface area (Å²) in [6.07, 6.45) is 0.766. The third kappa shape index (κ3) is 3.56. The Balaban J connectivity index is 2.01. The van der Waals surface area contributed by atoms with Gasteiger partial charge in [-0.15, -0.1) is 0 Å². The number of aromatic hydroxyl groups is 1. The average molecular weight is 359 g/mol. The summed E-state index contributed by atoms with van der Waals surface area (Å²) >= 11 is 0. The molecule has 0 aliphatic heterocycles. The number of aromatic nitrogens is 1. The number of primary amides is 1. The van der Waals surface area contributed by atoms with E-state index < -0.39 is 5.91 Å². The van der Waals surface area contributed by atoms with Crippen molar-refractivity contribution in [3.8, 4) is 22.9 Å². The van der Waals surface area contributed by atoms with Crippen LogP contribution in [0.25, 0.3) is 11.1 Å². The number of phenolic OH excluding ortho intramolecular Hbond substituents is 1. The van der Waals surface area contributed by atoms with Crippen molar-refractivity contribution in [3.63, 3.8) is 0 Å². The van der Waals surface area contributed by atoms with E-state index in [1.54, 1.807) is 24.3 Å². The summed E-state index contributed by atoms with van der Waals surface area (Å²) in [6, 6.07) is 16.4. The van der Waals surface area contributed by atoms with Gasteiger partial charge >= 0.3 is 0 Å². The maximum Gasteiger partial charge on any atom is 0.251 e. The van der Waals surface area contributed by atoms with E-state index in [4.69, 9.17) is 11.0 Å². The van der Waals surface area contributed by atoms with Gasteiger partial charge in [0.25, 0.3) is 5.91 Å². The Hall–Kier alpha value is -3.52. The van der Waals surface area contributed by atoms with Crippen LogP contribution >= 0.6 is 0 Å². The zero-order valence-corrected chi connectivity index (χ0v) is 15.4. The summed E-state index contributed by atoms with van der Waals surface area (Å²) in [4.78, 5) is 12.1. The topological polar surface area (TPSA) is 92.0 Å². The van der Waals surface area contributed by atoms with Crippen molar-refractivity contribution < 1.29 is 9.90 Å². The van der Waals surface area contributed by atoms with E-state index in [9.17, 15) is 9.90 Å². The lowest BCUT2D eigenvalue weighted by molar-refractivity contribution is 0.1000. The van der Waals surface area contributed by atoms with Crippen molar-refractivity contribution in [1.29, 1.82) is 5.26 Å². The first kappa shape index (κ1) is 18.3. The molecule has 0 atom stereocenters. The number of carbonyl (C=O) groups excluding carboxylic acids is 1. The highest BCUT2D eigenvalue weighted by molar-refractivity contribution is 6.02. The maximum absolute atomic E-state index is 12.1. The van der Waals surface area contributed by atoms with Gasteiger partial charge in [-0.05, 0) is 55.7 Å². The molecule has 1 amide bonds. The maximum atomic E-state index is 12.1. The Bertz CT molecular complexity index is 1020. The molecular weight excluding hydrogens is 338 g/mol. The van der Waals surface area contributed by atoms with Gasteiger partial charge < -0.3 is 15.4 Å². The van der Waals surface area contributed by atoms with E-state index in [0.29, 0.717) is 17.7 Å². The highest BCUT2D eigenvalue weighted by atomic mass is 16.3. The predicted octanol–water partition coefficient (Wildman–Crippen LogP) is 3.69. The van der Waals surface area contributed by atoms with E-state index in [-0.39, 0.29) is 5.75 Å². The molecule has 0 bridgehead atoms. The average Bonchev–Trinajstić information content (AvgIpc) is 2.92. The van der Waals surface area contributed by atoms with Crippen LogP contribution in [-0.4, -0.2) is 15.6 Å². The molecule has 0 radical (unpaired) electrons. The number of hydrogen-bond acceptors (Lipinski definition) is 3. The molecule has 0 unspecified atom stereocenters. The molecule has 0 spiro atoms. The molecule has 0 saturated heterocycles. The lowest BCUT2D eigenvalue weighted by atomic mass is 9.99. The Morgan fingerprint density at radius 3 is 2.26 bits per heavy atom. The fourth-order valence-electron chi connectivity index (χ4n) is 3.49. The summed E-state index contributed by atoms with van der Waals surface area (Å²) in [5.74, 6) is -0.218. The summed E-state index contributed by atoms with van der Waals surface area (Å²) in [6.45, 7) is 4.57. The van der Waals surface area contributed by atoms with Gasteiger partial charge in [0.05, 0.1) is 17.2 Å². The van der Waals surface area contributed by atoms with Crippen LogP contribution in [0.5, 0.6) is 5.75 Å². The summed E-state index contributed by atoms with van der Waals surface area (Å²) in [7, 11) is 0. The predicted molar refractivity (Wildman–Crippen MR) is 104 cm³/mol. The highest BCUT2D eigenvalue weighted by Crippen LogP contribution is 2.32. The zero-order valence-electron chi connectivity index (χ0n) is 15.4. The standard InChI is InChI=1S/C22H21N3O2/c1-14-20(18-7-3-17(13-23)4-8-18)21(22(24)27)15(2)25(14)12-11-16-5-9-19(26)10-6-16/h3-10,26H,11-12H2,1-2H3,(H2,24,27). The van der Waals surface area contributed by atoms with Crippen LogP contribution in [0.3, 0.4) is 0 Å². The van der Waals surface area contributed by atoms with Crippen molar-refractivity contribution in [2.45, 2.75) is 26.8 Å². The quantitative estimate of drug-likeness (QED) is 0.728. The van der Waals surface area contributed by atoms with E-state index in [2.05, 4.69) is 10.6 Å². The number of benzene rings is 2. The second-order valence-electron chi connectivity index (χ2n) is 6.54. The van der Waals surface area contributed by atoms with Crippen LogP contribution in [-0.2, 0) is 13.0 Å². The van der Waals surface area contributed by atoms with Gasteiger partial charge in [0.1, 0.15) is 5.75 Å². The van der Waals surface area contributed by atoms with Gasteiger partial charge in [-0.2, -0.15) is 5.26 Å². The van der Waals surface area contributed by atoms with Crippen molar-refractivity contribution >= 4 is 5.91 Å². The number of nitriles is 1. The molecule has 3 rings (SSSR count). The molecule has 1 aromatic heterocycles. The number of rotatable bonds is 5. The Kier molecular flexibility index (Phi) is 5.00. The van der Waals surface area contributed by atoms with Crippen LogP contribution in [0.4, 0.5) is 0 Å². The second-order valence-corrected chi connectivity index (χ2v) is 6.54. The van der Waals surface area contributed by atoms with Crippen LogP contribution in [0.2, 0.25) is 0 Å². The number of carbonyl (C=O) groups is 1. The first-order valence-corrected chi connectivity index (χ1v) is 8.70. The van der Waals surface area contributed by atoms with Crippen molar-refractivity contribution in [2.24, 2.45) is 5.73 Å². The van der Waals surface area contributed by atoms with E-state index in [1.807, 2.05) is 38.1 Å². The molecule has 2 aromatic carbocycles. The van der Waals surface area contributed by atoms with Crippen molar-refractivity contribution in [3.05, 3.63) is 76.6 Å². The molecule has 5 heteroatoms. The summed E-state index contributed by atoms with van der Waals surface area (Å²) < 4.78 is 2.10. The van der Waals surface area contributed by atoms with Gasteiger partial charge in [-0.1, -0.05) is 24.3 Å². The fourth-order valence-corrected chi connectivity index (χ4v) is 3.49. The summed E-state index contributed by atoms with van der Waals surface area (Å²) in [5.41, 5.74) is 11.3. The first-order chi connectivity index (χ1) is 12.9. The van der Waals surface area contributed by atoms with Crippen molar-refractivity contribution in [1.82, 2.24) is 4.57 Å². The van der Waals surface area contributed by atoms with Crippen LogP contribution < -0.4 is 5.73 Å². The minimum absolute atomic E-state index is 0.242. The van der Waals surface area contributed by atoms with Gasteiger partial charge in [0, 0.05) is 23.5 Å². The van der Waals surface area contributed by atoms with E-state index >= 15 is 0 Å². The minimum Gasteiger partial charge on any atom is -0.508 e. The molecule has 0 saturated carbocycles. The number of phenols is 1. The molecule has 0 aliphatic rings. The monoisotopic (exact) mass is 359 g/mol. The normalized spacial score (nSPS) is 10.6. The lowest BCUT2D eigenvalue weighted by Crippen LogP contribution is -2.13. The number of nitrogens with two attached hydrogens (primary N) is 1. The van der Waals surface area contributed by atoms with Crippen LogP contribution in [0.1, 0.15) is 32.9 Å². The fraction of sp³-hybridized carbons (Fsp3) is 0.182. The third-order valence-electron chi connectivity index (χ3n) is 4.89. The van der Waals surface area contributed by atoms with Gasteiger partial charge in [0.15, 0.2) is 0 Å². The van der Waals surface area contributed by atoms with Crippen molar-refractivity contribution in [2.75, 3.05) is 0 Å². The summed E-state index contributed by atoms with van der Waals surface area (Å²) in [5, 5.41) is 18.4. The van der Waals surface area contributed by atoms with E-state index in [1.165, 1.54) is 0 Å². The first-order valence-electron chi connectivity index (χ1n) is 8.70. The van der Waals surface area contributed by atoms with Crippen LogP contribution in [0.15, 0.2) is 48.5 Å². The van der Waals surface area contributed by atoms with Gasteiger partial charge in [-0.25, -0.2) is 0 Å². The third-order valence-corrected chi connectivity index (χ3v) is 4.89. The Labute approximate surface area is 158 Å². The molecule has 1 heterocycles. The van der Waals surface area contributed by atoms with Gasteiger partial charge in [-0.3, -0.25) is 4.79 Å².